The molecule has 0 saturated carbocycles. The fourth-order valence-corrected chi connectivity index (χ4v) is 6.71. The standard InChI is InChI=1S/C25H29F3N2O4S2/c1-16-13-29(14-17(2)33-16)20(12-19-8-10-21(11-9-19)34-25(26,27)28)15-30(36(31)32)24-18(3)22-6-4-5-7-23(22)35-24/h4-11,16-17,20H,12-15H2,1-3H3,(H,31,32)/p-1. The van der Waals surface area contributed by atoms with Gasteiger partial charge in [-0.2, -0.15) is 0 Å². The molecule has 1 aromatic heterocycles. The first-order valence-corrected chi connectivity index (χ1v) is 13.4. The lowest BCUT2D eigenvalue weighted by atomic mass is 10.0. The van der Waals surface area contributed by atoms with Crippen LogP contribution in [-0.4, -0.2) is 57.9 Å². The van der Waals surface area contributed by atoms with Gasteiger partial charge in [0.05, 0.1) is 12.2 Å². The van der Waals surface area contributed by atoms with Crippen LogP contribution in [0.25, 0.3) is 10.1 Å². The molecule has 0 amide bonds. The summed E-state index contributed by atoms with van der Waals surface area (Å²) in [5.41, 5.74) is 1.68. The van der Waals surface area contributed by atoms with E-state index in [0.717, 1.165) is 21.2 Å². The van der Waals surface area contributed by atoms with Gasteiger partial charge >= 0.3 is 6.36 Å². The number of rotatable bonds is 8. The zero-order valence-electron chi connectivity index (χ0n) is 20.2. The maximum Gasteiger partial charge on any atom is 0.573 e. The Kier molecular flexibility index (Phi) is 8.25. The van der Waals surface area contributed by atoms with Crippen molar-refractivity contribution in [2.75, 3.05) is 23.9 Å². The van der Waals surface area contributed by atoms with Crippen molar-refractivity contribution < 1.29 is 31.4 Å². The Balaban J connectivity index is 1.63. The molecule has 36 heavy (non-hydrogen) atoms. The highest BCUT2D eigenvalue weighted by atomic mass is 32.2. The summed E-state index contributed by atoms with van der Waals surface area (Å²) in [5.74, 6) is -0.292. The first-order chi connectivity index (χ1) is 17.0. The van der Waals surface area contributed by atoms with Gasteiger partial charge in [0, 0.05) is 41.6 Å². The number of hydrogen-bond acceptors (Lipinski definition) is 6. The van der Waals surface area contributed by atoms with E-state index in [1.165, 1.54) is 27.8 Å². The largest absolute Gasteiger partial charge is 0.755 e. The highest BCUT2D eigenvalue weighted by Crippen LogP contribution is 2.38. The van der Waals surface area contributed by atoms with Gasteiger partial charge in [0.1, 0.15) is 10.8 Å². The smallest absolute Gasteiger partial charge is 0.573 e. The van der Waals surface area contributed by atoms with E-state index in [4.69, 9.17) is 4.74 Å². The third kappa shape index (κ3) is 6.57. The molecule has 0 aliphatic carbocycles. The summed E-state index contributed by atoms with van der Waals surface area (Å²) in [6.45, 7) is 7.31. The summed E-state index contributed by atoms with van der Waals surface area (Å²) in [6.07, 6.45) is -4.37. The molecule has 0 bridgehead atoms. The highest BCUT2D eigenvalue weighted by Gasteiger charge is 2.32. The number of morpholine rings is 1. The van der Waals surface area contributed by atoms with E-state index in [-0.39, 0.29) is 30.5 Å². The Morgan fingerprint density at radius 2 is 1.81 bits per heavy atom. The number of ether oxygens (including phenoxy) is 2. The van der Waals surface area contributed by atoms with Crippen LogP contribution >= 0.6 is 11.3 Å². The Labute approximate surface area is 215 Å². The van der Waals surface area contributed by atoms with Gasteiger partial charge in [-0.3, -0.25) is 13.4 Å². The van der Waals surface area contributed by atoms with E-state index in [2.05, 4.69) is 9.64 Å². The molecule has 0 radical (unpaired) electrons. The van der Waals surface area contributed by atoms with Crippen LogP contribution in [0.4, 0.5) is 18.2 Å². The molecule has 1 aliphatic rings. The van der Waals surface area contributed by atoms with E-state index in [0.29, 0.717) is 24.5 Å². The van der Waals surface area contributed by atoms with Gasteiger partial charge < -0.3 is 14.0 Å². The Bertz CT molecular complexity index is 1190. The molecule has 11 heteroatoms. The van der Waals surface area contributed by atoms with Crippen molar-refractivity contribution in [1.82, 2.24) is 4.90 Å². The van der Waals surface area contributed by atoms with Gasteiger partial charge in [0.25, 0.3) is 0 Å². The fraction of sp³-hybridized carbons (Fsp3) is 0.440. The van der Waals surface area contributed by atoms with Crippen molar-refractivity contribution >= 4 is 37.7 Å². The summed E-state index contributed by atoms with van der Waals surface area (Å²) in [4.78, 5) is 2.21. The summed E-state index contributed by atoms with van der Waals surface area (Å²) >= 11 is -1.09. The minimum atomic E-state index is -4.76. The summed E-state index contributed by atoms with van der Waals surface area (Å²) < 4.78 is 74.9. The summed E-state index contributed by atoms with van der Waals surface area (Å²) in [7, 11) is 0. The maximum absolute atomic E-state index is 12.6. The third-order valence-electron chi connectivity index (χ3n) is 6.19. The number of anilines is 1. The van der Waals surface area contributed by atoms with E-state index in [1.807, 2.05) is 45.0 Å². The average molecular weight is 542 g/mol. The van der Waals surface area contributed by atoms with Crippen LogP contribution in [0.3, 0.4) is 0 Å². The van der Waals surface area contributed by atoms with Crippen LogP contribution in [0.15, 0.2) is 48.5 Å². The number of hydrogen-bond donors (Lipinski definition) is 0. The van der Waals surface area contributed by atoms with Gasteiger partial charge in [-0.15, -0.1) is 24.5 Å². The molecule has 3 aromatic rings. The second kappa shape index (κ2) is 11.1. The van der Waals surface area contributed by atoms with Crippen molar-refractivity contribution in [2.45, 2.75) is 51.8 Å². The molecule has 2 heterocycles. The maximum atomic E-state index is 12.6. The molecule has 0 spiro atoms. The van der Waals surface area contributed by atoms with Gasteiger partial charge in [-0.05, 0) is 61.9 Å². The summed E-state index contributed by atoms with van der Waals surface area (Å²) in [5, 5.41) is 1.68. The zero-order valence-corrected chi connectivity index (χ0v) is 21.8. The van der Waals surface area contributed by atoms with Crippen LogP contribution in [-0.2, 0) is 22.4 Å². The highest BCUT2D eigenvalue weighted by molar-refractivity contribution is 7.81. The van der Waals surface area contributed by atoms with Crippen molar-refractivity contribution in [3.63, 3.8) is 0 Å². The lowest BCUT2D eigenvalue weighted by Crippen LogP contribution is -2.54. The lowest BCUT2D eigenvalue weighted by molar-refractivity contribution is -0.274. The summed E-state index contributed by atoms with van der Waals surface area (Å²) in [6, 6.07) is 13.3. The van der Waals surface area contributed by atoms with E-state index < -0.39 is 17.6 Å². The van der Waals surface area contributed by atoms with E-state index in [9.17, 15) is 21.9 Å². The second-order valence-electron chi connectivity index (χ2n) is 9.07. The zero-order chi connectivity index (χ0) is 26.0. The van der Waals surface area contributed by atoms with Crippen LogP contribution < -0.4 is 9.04 Å². The van der Waals surface area contributed by atoms with Gasteiger partial charge in [0.2, 0.25) is 0 Å². The number of aryl methyl sites for hydroxylation is 1. The predicted molar refractivity (Wildman–Crippen MR) is 135 cm³/mol. The topological polar surface area (TPSA) is 65.1 Å². The van der Waals surface area contributed by atoms with Crippen molar-refractivity contribution in [3.05, 3.63) is 59.7 Å². The van der Waals surface area contributed by atoms with Crippen LogP contribution in [0.2, 0.25) is 0 Å². The molecule has 4 atom stereocenters. The van der Waals surface area contributed by atoms with Crippen LogP contribution in [0.1, 0.15) is 25.0 Å². The number of thiophene rings is 1. The average Bonchev–Trinajstić information content (AvgIpc) is 3.12. The fourth-order valence-electron chi connectivity index (χ4n) is 4.73. The number of halogens is 3. The minimum Gasteiger partial charge on any atom is -0.755 e. The van der Waals surface area contributed by atoms with Crippen molar-refractivity contribution in [1.29, 1.82) is 0 Å². The molecular formula is C25H28F3N2O4S2-. The van der Waals surface area contributed by atoms with Gasteiger partial charge in [-0.25, -0.2) is 0 Å². The molecule has 1 fully saturated rings. The monoisotopic (exact) mass is 541 g/mol. The molecule has 2 aromatic carbocycles. The van der Waals surface area contributed by atoms with Crippen molar-refractivity contribution in [2.24, 2.45) is 0 Å². The second-order valence-corrected chi connectivity index (χ2v) is 11.0. The number of nitrogens with zero attached hydrogens (tertiary/aromatic N) is 2. The molecule has 1 saturated heterocycles. The SMILES string of the molecule is Cc1c(N(CC(Cc2ccc(OC(F)(F)F)cc2)N2CC(C)OC(C)C2)S(=O)[O-])sc2ccccc12. The number of alkyl halides is 3. The Morgan fingerprint density at radius 1 is 1.17 bits per heavy atom. The molecule has 196 valence electrons. The Hall–Kier alpha value is -2.18. The van der Waals surface area contributed by atoms with E-state index >= 15 is 0 Å². The van der Waals surface area contributed by atoms with Crippen molar-refractivity contribution in [3.8, 4) is 5.75 Å². The normalized spacial score (nSPS) is 20.9. The number of benzene rings is 2. The quantitative estimate of drug-likeness (QED) is 0.356. The van der Waals surface area contributed by atoms with Gasteiger partial charge in [-0.1, -0.05) is 30.3 Å². The third-order valence-corrected chi connectivity index (χ3v) is 8.30. The molecular weight excluding hydrogens is 513 g/mol. The lowest BCUT2D eigenvalue weighted by Gasteiger charge is -2.42. The number of fused-ring (bicyclic) bond motifs is 1. The first-order valence-electron chi connectivity index (χ1n) is 11.6. The minimum absolute atomic E-state index is 0.0314. The molecule has 4 unspecified atom stereocenters. The van der Waals surface area contributed by atoms with E-state index in [1.54, 1.807) is 12.1 Å². The van der Waals surface area contributed by atoms with Gasteiger partial charge in [0.15, 0.2) is 0 Å². The van der Waals surface area contributed by atoms with Crippen LogP contribution in [0.5, 0.6) is 5.75 Å². The molecule has 1 aliphatic heterocycles. The molecule has 4 rings (SSSR count). The molecule has 6 nitrogen and oxygen atoms in total. The first kappa shape index (κ1) is 26.9. The predicted octanol–water partition coefficient (Wildman–Crippen LogP) is 5.43. The Morgan fingerprint density at radius 3 is 2.39 bits per heavy atom. The molecule has 0 N–H and O–H groups in total. The van der Waals surface area contributed by atoms with Crippen LogP contribution in [0, 0.1) is 6.92 Å².